The summed E-state index contributed by atoms with van der Waals surface area (Å²) >= 11 is 0. The van der Waals surface area contributed by atoms with Crippen LogP contribution in [0.1, 0.15) is 52.7 Å². The molecule has 0 aliphatic rings. The minimum Gasteiger partial charge on any atom is -0.248 e. The first-order valence-corrected chi connectivity index (χ1v) is 18.2. The van der Waals surface area contributed by atoms with E-state index in [1.807, 2.05) is 0 Å². The van der Waals surface area contributed by atoms with Gasteiger partial charge in [-0.05, 0) is 91.7 Å². The standard InChI is InChI=1S/C50H44N2/c1-49(2,3)39-23-17-35(18-24-39)47-31-41(33-13-9-7-10-14-33)43-29-37(21-27-45(43)51-47)38-22-28-46-44(30-38)42(34-15-11-8-12-16-34)32-48(52-46)36-19-25-40(26-20-36)50(4,5)6/h7-32H,1-6H3. The van der Waals surface area contributed by atoms with Crippen LogP contribution in [0.4, 0.5) is 0 Å². The Bertz CT molecular complexity index is 2350. The molecule has 0 saturated carbocycles. The third-order valence-corrected chi connectivity index (χ3v) is 10.2. The lowest BCUT2D eigenvalue weighted by molar-refractivity contribution is 0.590. The van der Waals surface area contributed by atoms with E-state index in [1.165, 1.54) is 33.4 Å². The van der Waals surface area contributed by atoms with Crippen molar-refractivity contribution in [3.05, 3.63) is 169 Å². The summed E-state index contributed by atoms with van der Waals surface area (Å²) in [5, 5.41) is 2.27. The van der Waals surface area contributed by atoms with Gasteiger partial charge in [0.25, 0.3) is 0 Å². The van der Waals surface area contributed by atoms with Crippen LogP contribution in [-0.2, 0) is 10.8 Å². The summed E-state index contributed by atoms with van der Waals surface area (Å²) < 4.78 is 0. The predicted octanol–water partition coefficient (Wildman–Crippen LogP) is 13.7. The van der Waals surface area contributed by atoms with Gasteiger partial charge in [0.2, 0.25) is 0 Å². The molecule has 52 heavy (non-hydrogen) atoms. The Balaban J connectivity index is 1.26. The summed E-state index contributed by atoms with van der Waals surface area (Å²) in [6.45, 7) is 13.5. The molecule has 0 atom stereocenters. The molecule has 0 N–H and O–H groups in total. The lowest BCUT2D eigenvalue weighted by Gasteiger charge is -2.19. The molecule has 0 unspecified atom stereocenters. The molecule has 0 aliphatic heterocycles. The van der Waals surface area contributed by atoms with Crippen molar-refractivity contribution in [2.24, 2.45) is 0 Å². The lowest BCUT2D eigenvalue weighted by atomic mass is 9.86. The number of pyridine rings is 2. The Morgan fingerprint density at radius 1 is 0.327 bits per heavy atom. The maximum Gasteiger partial charge on any atom is 0.0716 e. The summed E-state index contributed by atoms with van der Waals surface area (Å²) in [6, 6.07) is 57.0. The average Bonchev–Trinajstić information content (AvgIpc) is 3.16. The van der Waals surface area contributed by atoms with E-state index in [2.05, 4.69) is 199 Å². The van der Waals surface area contributed by atoms with Crippen molar-refractivity contribution >= 4 is 21.8 Å². The monoisotopic (exact) mass is 672 g/mol. The summed E-state index contributed by atoms with van der Waals surface area (Å²) in [5.41, 5.74) is 16.0. The topological polar surface area (TPSA) is 25.8 Å². The van der Waals surface area contributed by atoms with E-state index in [4.69, 9.17) is 9.97 Å². The van der Waals surface area contributed by atoms with Gasteiger partial charge < -0.3 is 0 Å². The molecule has 0 radical (unpaired) electrons. The number of rotatable bonds is 5. The molecule has 8 aromatic rings. The maximum absolute atomic E-state index is 5.21. The molecule has 0 fully saturated rings. The normalized spacial score (nSPS) is 12.0. The van der Waals surface area contributed by atoms with Crippen LogP contribution in [-0.4, -0.2) is 9.97 Å². The number of nitrogens with zero attached hydrogens (tertiary/aromatic N) is 2. The van der Waals surface area contributed by atoms with E-state index >= 15 is 0 Å². The fourth-order valence-corrected chi connectivity index (χ4v) is 7.10. The van der Waals surface area contributed by atoms with Crippen LogP contribution in [0.5, 0.6) is 0 Å². The number of benzene rings is 6. The van der Waals surface area contributed by atoms with Gasteiger partial charge in [-0.15, -0.1) is 0 Å². The van der Waals surface area contributed by atoms with Crippen molar-refractivity contribution < 1.29 is 0 Å². The molecule has 8 rings (SSSR count). The summed E-state index contributed by atoms with van der Waals surface area (Å²) in [5.74, 6) is 0. The van der Waals surface area contributed by atoms with Crippen LogP contribution in [0.25, 0.3) is 77.7 Å². The molecule has 2 aromatic heterocycles. The molecule has 0 spiro atoms. The Labute approximate surface area is 307 Å². The maximum atomic E-state index is 5.21. The van der Waals surface area contributed by atoms with Gasteiger partial charge in [-0.2, -0.15) is 0 Å². The van der Waals surface area contributed by atoms with Crippen LogP contribution in [0.15, 0.2) is 158 Å². The van der Waals surface area contributed by atoms with Crippen molar-refractivity contribution in [3.8, 4) is 55.9 Å². The van der Waals surface area contributed by atoms with Crippen LogP contribution in [0.2, 0.25) is 0 Å². The number of aromatic nitrogens is 2. The molecule has 0 bridgehead atoms. The average molecular weight is 673 g/mol. The SMILES string of the molecule is CC(C)(C)c1ccc(-c2cc(-c3ccccc3)c3cc(-c4ccc5nc(-c6ccc(C(C)(C)C)cc6)cc(-c6ccccc6)c5c4)ccc3n2)cc1. The lowest BCUT2D eigenvalue weighted by Crippen LogP contribution is -2.10. The van der Waals surface area contributed by atoms with Crippen molar-refractivity contribution in [2.75, 3.05) is 0 Å². The van der Waals surface area contributed by atoms with Crippen LogP contribution in [0.3, 0.4) is 0 Å². The highest BCUT2D eigenvalue weighted by molar-refractivity contribution is 6.02. The van der Waals surface area contributed by atoms with E-state index in [-0.39, 0.29) is 10.8 Å². The van der Waals surface area contributed by atoms with Crippen molar-refractivity contribution in [1.82, 2.24) is 9.97 Å². The van der Waals surface area contributed by atoms with Crippen LogP contribution in [0, 0.1) is 0 Å². The van der Waals surface area contributed by atoms with Gasteiger partial charge in [0.05, 0.1) is 22.4 Å². The largest absolute Gasteiger partial charge is 0.248 e. The summed E-state index contributed by atoms with van der Waals surface area (Å²) in [7, 11) is 0. The van der Waals surface area contributed by atoms with Crippen molar-refractivity contribution in [3.63, 3.8) is 0 Å². The Morgan fingerprint density at radius 2 is 0.673 bits per heavy atom. The smallest absolute Gasteiger partial charge is 0.0716 e. The van der Waals surface area contributed by atoms with Gasteiger partial charge in [0, 0.05) is 21.9 Å². The predicted molar refractivity (Wildman–Crippen MR) is 222 cm³/mol. The summed E-state index contributed by atoms with van der Waals surface area (Å²) in [4.78, 5) is 10.4. The highest BCUT2D eigenvalue weighted by Crippen LogP contribution is 2.38. The number of hydrogen-bond donors (Lipinski definition) is 0. The number of hydrogen-bond acceptors (Lipinski definition) is 2. The van der Waals surface area contributed by atoms with Gasteiger partial charge in [-0.1, -0.05) is 163 Å². The Morgan fingerprint density at radius 3 is 1.02 bits per heavy atom. The second-order valence-electron chi connectivity index (χ2n) is 16.0. The van der Waals surface area contributed by atoms with E-state index in [0.29, 0.717) is 0 Å². The first kappa shape index (κ1) is 33.3. The molecule has 6 aromatic carbocycles. The van der Waals surface area contributed by atoms with Gasteiger partial charge in [-0.3, -0.25) is 0 Å². The highest BCUT2D eigenvalue weighted by atomic mass is 14.7. The minimum atomic E-state index is 0.0995. The molecule has 0 saturated heterocycles. The second kappa shape index (κ2) is 13.0. The minimum absolute atomic E-state index is 0.0995. The Kier molecular flexibility index (Phi) is 8.35. The molecular formula is C50H44N2. The zero-order valence-corrected chi connectivity index (χ0v) is 30.9. The highest BCUT2D eigenvalue weighted by Gasteiger charge is 2.17. The molecule has 254 valence electrons. The van der Waals surface area contributed by atoms with Gasteiger partial charge in [0.1, 0.15) is 0 Å². The second-order valence-corrected chi connectivity index (χ2v) is 16.0. The quantitative estimate of drug-likeness (QED) is 0.182. The van der Waals surface area contributed by atoms with E-state index < -0.39 is 0 Å². The van der Waals surface area contributed by atoms with Crippen LogP contribution < -0.4 is 0 Å². The third kappa shape index (κ3) is 6.53. The fourth-order valence-electron chi connectivity index (χ4n) is 7.10. The number of fused-ring (bicyclic) bond motifs is 2. The zero-order valence-electron chi connectivity index (χ0n) is 30.9. The molecule has 2 heterocycles. The first-order chi connectivity index (χ1) is 25.0. The summed E-state index contributed by atoms with van der Waals surface area (Å²) in [6.07, 6.45) is 0. The molecule has 0 amide bonds. The van der Waals surface area contributed by atoms with E-state index in [9.17, 15) is 0 Å². The molecule has 2 nitrogen and oxygen atoms in total. The van der Waals surface area contributed by atoms with Gasteiger partial charge in [0.15, 0.2) is 0 Å². The van der Waals surface area contributed by atoms with E-state index in [0.717, 1.165) is 55.4 Å². The van der Waals surface area contributed by atoms with Gasteiger partial charge in [-0.25, -0.2) is 9.97 Å². The third-order valence-electron chi connectivity index (χ3n) is 10.2. The zero-order chi connectivity index (χ0) is 36.0. The molecule has 2 heteroatoms. The van der Waals surface area contributed by atoms with Crippen LogP contribution >= 0.6 is 0 Å². The molecule has 0 aliphatic carbocycles. The van der Waals surface area contributed by atoms with Crippen molar-refractivity contribution in [1.29, 1.82) is 0 Å². The molecular weight excluding hydrogens is 629 g/mol. The Hall–Kier alpha value is -5.86. The van der Waals surface area contributed by atoms with Crippen molar-refractivity contribution in [2.45, 2.75) is 52.4 Å². The fraction of sp³-hybridized carbons (Fsp3) is 0.160. The van der Waals surface area contributed by atoms with Gasteiger partial charge >= 0.3 is 0 Å². The van der Waals surface area contributed by atoms with E-state index in [1.54, 1.807) is 0 Å². The first-order valence-electron chi connectivity index (χ1n) is 18.2.